The Balaban J connectivity index is 2.11. The second kappa shape index (κ2) is 12.6. The van der Waals surface area contributed by atoms with Gasteiger partial charge in [-0.1, -0.05) is 40.5 Å². The molecule has 15 heteroatoms. The third-order valence-corrected chi connectivity index (χ3v) is 8.47. The Bertz CT molecular complexity index is 1450. The van der Waals surface area contributed by atoms with Crippen molar-refractivity contribution in [2.45, 2.75) is 74.6 Å². The molecule has 0 bridgehead atoms. The first-order chi connectivity index (χ1) is 18.6. The van der Waals surface area contributed by atoms with Crippen molar-refractivity contribution in [2.75, 3.05) is 13.2 Å². The van der Waals surface area contributed by atoms with Crippen molar-refractivity contribution < 1.29 is 44.2 Å². The Kier molecular flexibility index (Phi) is 9.95. The fraction of sp³-hybridized carbons (Fsp3) is 0.480. The maximum atomic E-state index is 13.4. The predicted octanol–water partition coefficient (Wildman–Crippen LogP) is 3.54. The molecule has 0 amide bonds. The lowest BCUT2D eigenvalue weighted by Crippen LogP contribution is -2.50. The van der Waals surface area contributed by atoms with E-state index in [1.54, 1.807) is 38.1 Å². The van der Waals surface area contributed by atoms with Crippen molar-refractivity contribution >= 4 is 26.2 Å². The van der Waals surface area contributed by atoms with Crippen LogP contribution in [0.2, 0.25) is 0 Å². The molecule has 0 aliphatic carbocycles. The van der Waals surface area contributed by atoms with Crippen molar-refractivity contribution in [1.29, 1.82) is 0 Å². The molecule has 1 saturated heterocycles. The van der Waals surface area contributed by atoms with Crippen molar-refractivity contribution in [3.8, 4) is 0 Å². The number of ether oxygens (including phenoxy) is 3. The number of carbonyl (C=O) groups is 1. The summed E-state index contributed by atoms with van der Waals surface area (Å²) in [4.78, 5) is 14.0. The SMILES string of the molecule is CC(=O)OC[C@@H](OS(=O)(=O)c1ccc(C)cc1)[C@@H](OS(=O)(=O)c1ccc(C)cc1)[C@@H]1OC(C)(C)O[C@H]1CN=[N+]=[N-]. The Morgan fingerprint density at radius 3 is 1.93 bits per heavy atom. The zero-order valence-electron chi connectivity index (χ0n) is 22.6. The largest absolute Gasteiger partial charge is 0.463 e. The molecule has 0 saturated carbocycles. The van der Waals surface area contributed by atoms with E-state index in [1.165, 1.54) is 38.1 Å². The molecule has 1 aliphatic rings. The number of benzene rings is 2. The van der Waals surface area contributed by atoms with Gasteiger partial charge in [-0.25, -0.2) is 0 Å². The molecule has 218 valence electrons. The van der Waals surface area contributed by atoms with Crippen LogP contribution in [0.15, 0.2) is 63.4 Å². The molecule has 0 N–H and O–H groups in total. The molecule has 2 aromatic rings. The van der Waals surface area contributed by atoms with Crippen molar-refractivity contribution in [1.82, 2.24) is 0 Å². The van der Waals surface area contributed by atoms with E-state index in [0.717, 1.165) is 18.1 Å². The maximum absolute atomic E-state index is 13.4. The summed E-state index contributed by atoms with van der Waals surface area (Å²) in [5, 5.41) is 3.51. The lowest BCUT2D eigenvalue weighted by atomic mass is 10.0. The predicted molar refractivity (Wildman–Crippen MR) is 141 cm³/mol. The van der Waals surface area contributed by atoms with E-state index in [0.29, 0.717) is 0 Å². The molecule has 1 fully saturated rings. The van der Waals surface area contributed by atoms with E-state index < -0.39 is 63.0 Å². The van der Waals surface area contributed by atoms with Crippen LogP contribution in [-0.2, 0) is 47.6 Å². The minimum absolute atomic E-state index is 0.222. The molecule has 1 aliphatic heterocycles. The van der Waals surface area contributed by atoms with Gasteiger partial charge < -0.3 is 14.2 Å². The Hall–Kier alpha value is -3.04. The van der Waals surface area contributed by atoms with Gasteiger partial charge in [0.05, 0.1) is 22.4 Å². The number of hydrogen-bond donors (Lipinski definition) is 0. The normalized spacial score (nSPS) is 20.3. The highest BCUT2D eigenvalue weighted by atomic mass is 32.2. The first-order valence-corrected chi connectivity index (χ1v) is 14.9. The summed E-state index contributed by atoms with van der Waals surface area (Å²) in [6, 6.07) is 11.5. The van der Waals surface area contributed by atoms with Gasteiger partial charge in [0.15, 0.2) is 5.79 Å². The molecule has 0 unspecified atom stereocenters. The van der Waals surface area contributed by atoms with Gasteiger partial charge in [0.2, 0.25) is 0 Å². The van der Waals surface area contributed by atoms with Crippen LogP contribution in [0, 0.1) is 13.8 Å². The summed E-state index contributed by atoms with van der Waals surface area (Å²) < 4.78 is 81.2. The number of aryl methyl sites for hydroxylation is 2. The lowest BCUT2D eigenvalue weighted by molar-refractivity contribution is -0.163. The fourth-order valence-corrected chi connectivity index (χ4v) is 6.11. The fourth-order valence-electron chi connectivity index (χ4n) is 3.93. The Labute approximate surface area is 233 Å². The zero-order valence-corrected chi connectivity index (χ0v) is 24.2. The summed E-state index contributed by atoms with van der Waals surface area (Å²) >= 11 is 0. The summed E-state index contributed by atoms with van der Waals surface area (Å²) in [6.07, 6.45) is -5.89. The molecule has 0 aromatic heterocycles. The summed E-state index contributed by atoms with van der Waals surface area (Å²) in [6.45, 7) is 6.67. The van der Waals surface area contributed by atoms with Crippen LogP contribution in [0.25, 0.3) is 10.4 Å². The quantitative estimate of drug-likeness (QED) is 0.115. The average molecular weight is 598 g/mol. The van der Waals surface area contributed by atoms with Gasteiger partial charge in [-0.05, 0) is 57.5 Å². The van der Waals surface area contributed by atoms with E-state index in [4.69, 9.17) is 28.1 Å². The minimum atomic E-state index is -4.56. The third-order valence-electron chi connectivity index (χ3n) is 5.79. The number of azide groups is 1. The molecule has 0 spiro atoms. The van der Waals surface area contributed by atoms with E-state index >= 15 is 0 Å². The summed E-state index contributed by atoms with van der Waals surface area (Å²) in [7, 11) is -9.09. The lowest BCUT2D eigenvalue weighted by Gasteiger charge is -2.31. The van der Waals surface area contributed by atoms with Gasteiger partial charge >= 0.3 is 5.97 Å². The van der Waals surface area contributed by atoms with Gasteiger partial charge in [0.25, 0.3) is 20.2 Å². The maximum Gasteiger partial charge on any atom is 0.302 e. The third kappa shape index (κ3) is 8.24. The highest BCUT2D eigenvalue weighted by Gasteiger charge is 2.51. The minimum Gasteiger partial charge on any atom is -0.463 e. The molecule has 40 heavy (non-hydrogen) atoms. The van der Waals surface area contributed by atoms with Gasteiger partial charge in [-0.15, -0.1) is 0 Å². The number of carbonyl (C=O) groups excluding carboxylic acids is 1. The van der Waals surface area contributed by atoms with Gasteiger partial charge in [-0.3, -0.25) is 13.2 Å². The first-order valence-electron chi connectivity index (χ1n) is 12.1. The topological polar surface area (TPSA) is 180 Å². The van der Waals surface area contributed by atoms with Crippen molar-refractivity contribution in [3.05, 3.63) is 70.1 Å². The van der Waals surface area contributed by atoms with Crippen LogP contribution in [-0.4, -0.2) is 66.2 Å². The van der Waals surface area contributed by atoms with E-state index in [9.17, 15) is 21.6 Å². The second-order valence-corrected chi connectivity index (χ2v) is 12.7. The summed E-state index contributed by atoms with van der Waals surface area (Å²) in [5.41, 5.74) is 10.4. The van der Waals surface area contributed by atoms with Gasteiger partial charge in [0.1, 0.15) is 24.9 Å². The number of esters is 1. The van der Waals surface area contributed by atoms with Crippen LogP contribution in [0.3, 0.4) is 0 Å². The second-order valence-electron chi connectivity index (χ2n) is 9.58. The Morgan fingerprint density at radius 1 is 0.950 bits per heavy atom. The van der Waals surface area contributed by atoms with E-state index in [1.807, 2.05) is 0 Å². The molecule has 3 rings (SSSR count). The molecule has 13 nitrogen and oxygen atoms in total. The van der Waals surface area contributed by atoms with Crippen LogP contribution < -0.4 is 0 Å². The van der Waals surface area contributed by atoms with E-state index in [-0.39, 0.29) is 16.3 Å². The van der Waals surface area contributed by atoms with Gasteiger partial charge in [-0.2, -0.15) is 16.8 Å². The standard InChI is InChI=1S/C25H31N3O10S2/c1-16-6-10-19(11-7-16)39(30,31)37-22(15-34-18(3)29)24(23-21(14-27-28-26)35-25(4,5)36-23)38-40(32,33)20-12-8-17(2)9-13-20/h6-13,21-24H,14-15H2,1-5H3/t21-,22+,23+,24+/m0/s1. The number of nitrogens with zero attached hydrogens (tertiary/aromatic N) is 3. The average Bonchev–Trinajstić information content (AvgIpc) is 3.18. The first kappa shape index (κ1) is 31.5. The molecular formula is C25H31N3O10S2. The van der Waals surface area contributed by atoms with Crippen LogP contribution in [0.1, 0.15) is 31.9 Å². The van der Waals surface area contributed by atoms with E-state index in [2.05, 4.69) is 10.0 Å². The van der Waals surface area contributed by atoms with Crippen molar-refractivity contribution in [2.24, 2.45) is 5.11 Å². The summed E-state index contributed by atoms with van der Waals surface area (Å²) in [5.74, 6) is -2.09. The van der Waals surface area contributed by atoms with Crippen LogP contribution in [0.4, 0.5) is 0 Å². The van der Waals surface area contributed by atoms with Crippen LogP contribution >= 0.6 is 0 Å². The monoisotopic (exact) mass is 597 g/mol. The van der Waals surface area contributed by atoms with Crippen LogP contribution in [0.5, 0.6) is 0 Å². The molecule has 2 aromatic carbocycles. The molecule has 1 heterocycles. The van der Waals surface area contributed by atoms with Gasteiger partial charge in [0, 0.05) is 11.8 Å². The molecule has 4 atom stereocenters. The molecular weight excluding hydrogens is 566 g/mol. The smallest absolute Gasteiger partial charge is 0.302 e. The van der Waals surface area contributed by atoms with Crippen molar-refractivity contribution in [3.63, 3.8) is 0 Å². The zero-order chi connectivity index (χ0) is 29.7. The Morgan fingerprint density at radius 2 is 1.45 bits per heavy atom. The molecule has 0 radical (unpaired) electrons. The number of rotatable bonds is 12. The highest BCUT2D eigenvalue weighted by Crippen LogP contribution is 2.35. The highest BCUT2D eigenvalue weighted by molar-refractivity contribution is 7.87. The number of hydrogen-bond acceptors (Lipinski definition) is 11.